The molecule has 4 N–H and O–H groups in total. The number of rotatable bonds is 12. The van der Waals surface area contributed by atoms with Crippen LogP contribution in [0.2, 0.25) is 0 Å². The molecule has 0 spiro atoms. The van der Waals surface area contributed by atoms with Crippen LogP contribution in [-0.4, -0.2) is 54.1 Å². The molecule has 1 atom stereocenters. The summed E-state index contributed by atoms with van der Waals surface area (Å²) in [6.07, 6.45) is 3.18. The lowest BCUT2D eigenvalue weighted by atomic mass is 10.1. The summed E-state index contributed by atoms with van der Waals surface area (Å²) >= 11 is 0. The molecule has 3 amide bonds. The molecule has 13 heteroatoms. The van der Waals surface area contributed by atoms with Gasteiger partial charge in [0.25, 0.3) is 5.91 Å². The number of hydrogen-bond donors (Lipinski definition) is 4. The molecule has 1 unspecified atom stereocenters. The highest BCUT2D eigenvalue weighted by atomic mass is 19.1. The van der Waals surface area contributed by atoms with Gasteiger partial charge in [-0.3, -0.25) is 19.4 Å². The van der Waals surface area contributed by atoms with E-state index < -0.39 is 35.7 Å². The lowest BCUT2D eigenvalue weighted by Gasteiger charge is -2.16. The fourth-order valence-corrected chi connectivity index (χ4v) is 4.23. The second-order valence-corrected chi connectivity index (χ2v) is 9.93. The Labute approximate surface area is 258 Å². The molecule has 234 valence electrons. The zero-order valence-corrected chi connectivity index (χ0v) is 24.8. The standard InChI is InChI=1S/C32H32FN5O7/c1-19-4-10-25(33)26(14-19)38-32(42)37-21-5-8-23(9-6-21)45-24-12-13-34-28(17-24)27-15-20(18-35-27)31(41)36-22(16-30(40)44-3)7-11-29(39)43-2/h4-6,8-10,12-15,17-18,22,35H,7,11,16H2,1-3H3,(H,36,41)(H2,37,38,42). The first-order chi connectivity index (χ1) is 21.6. The number of carbonyl (C=O) groups excluding carboxylic acids is 4. The SMILES string of the molecule is COC(=O)CCC(CC(=O)OC)NC(=O)c1c[nH]c(-c2cc(Oc3ccc(NC(=O)Nc4cc(C)ccc4F)cc3)ccn2)c1. The summed E-state index contributed by atoms with van der Waals surface area (Å²) in [6.45, 7) is 1.80. The van der Waals surface area contributed by atoms with E-state index in [1.807, 2.05) is 0 Å². The third-order valence-corrected chi connectivity index (χ3v) is 6.57. The van der Waals surface area contributed by atoms with Crippen LogP contribution in [0.4, 0.5) is 20.6 Å². The van der Waals surface area contributed by atoms with E-state index in [-0.39, 0.29) is 24.9 Å². The number of aromatic nitrogens is 2. The summed E-state index contributed by atoms with van der Waals surface area (Å²) in [4.78, 5) is 56.0. The molecule has 45 heavy (non-hydrogen) atoms. The Morgan fingerprint density at radius 2 is 1.67 bits per heavy atom. The molecule has 2 aromatic heterocycles. The summed E-state index contributed by atoms with van der Waals surface area (Å²) in [7, 11) is 2.51. The highest BCUT2D eigenvalue weighted by Crippen LogP contribution is 2.27. The van der Waals surface area contributed by atoms with Crippen LogP contribution in [0.15, 0.2) is 73.1 Å². The minimum absolute atomic E-state index is 0.0251. The predicted octanol–water partition coefficient (Wildman–Crippen LogP) is 5.58. The number of methoxy groups -OCH3 is 2. The summed E-state index contributed by atoms with van der Waals surface area (Å²) in [6, 6.07) is 14.7. The van der Waals surface area contributed by atoms with Gasteiger partial charge >= 0.3 is 18.0 Å². The van der Waals surface area contributed by atoms with Gasteiger partial charge in [0.05, 0.1) is 43.3 Å². The highest BCUT2D eigenvalue weighted by molar-refractivity contribution is 6.00. The Balaban J connectivity index is 1.36. The molecule has 0 radical (unpaired) electrons. The van der Waals surface area contributed by atoms with Crippen LogP contribution < -0.4 is 20.7 Å². The molecule has 0 saturated carbocycles. The summed E-state index contributed by atoms with van der Waals surface area (Å²) < 4.78 is 29.2. The number of aromatic amines is 1. The quantitative estimate of drug-likeness (QED) is 0.150. The summed E-state index contributed by atoms with van der Waals surface area (Å²) in [5.41, 5.74) is 2.70. The van der Waals surface area contributed by atoms with Gasteiger partial charge in [-0.2, -0.15) is 0 Å². The lowest BCUT2D eigenvalue weighted by molar-refractivity contribution is -0.143. The van der Waals surface area contributed by atoms with E-state index in [0.29, 0.717) is 34.1 Å². The molecule has 0 fully saturated rings. The normalized spacial score (nSPS) is 11.2. The maximum Gasteiger partial charge on any atom is 0.323 e. The number of halogens is 1. The lowest BCUT2D eigenvalue weighted by Crippen LogP contribution is -2.37. The second-order valence-electron chi connectivity index (χ2n) is 9.93. The van der Waals surface area contributed by atoms with Crippen molar-refractivity contribution >= 4 is 35.3 Å². The van der Waals surface area contributed by atoms with E-state index in [1.165, 1.54) is 32.5 Å². The fourth-order valence-electron chi connectivity index (χ4n) is 4.23. The second kappa shape index (κ2) is 15.1. The maximum atomic E-state index is 13.9. The van der Waals surface area contributed by atoms with Gasteiger partial charge in [-0.25, -0.2) is 9.18 Å². The van der Waals surface area contributed by atoms with Crippen LogP contribution in [-0.2, 0) is 19.1 Å². The van der Waals surface area contributed by atoms with Crippen LogP contribution in [0.3, 0.4) is 0 Å². The van der Waals surface area contributed by atoms with E-state index in [4.69, 9.17) is 9.47 Å². The average molecular weight is 618 g/mol. The molecule has 4 rings (SSSR count). The van der Waals surface area contributed by atoms with Crippen LogP contribution in [0.5, 0.6) is 11.5 Å². The summed E-state index contributed by atoms with van der Waals surface area (Å²) in [5.74, 6) is -1.01. The number of amides is 3. The third-order valence-electron chi connectivity index (χ3n) is 6.57. The predicted molar refractivity (Wildman–Crippen MR) is 163 cm³/mol. The molecule has 0 aliphatic heterocycles. The Bertz CT molecular complexity index is 1670. The van der Waals surface area contributed by atoms with Crippen molar-refractivity contribution in [3.63, 3.8) is 0 Å². The number of pyridine rings is 1. The number of ether oxygens (including phenoxy) is 3. The van der Waals surface area contributed by atoms with E-state index >= 15 is 0 Å². The van der Waals surface area contributed by atoms with Crippen LogP contribution in [0.25, 0.3) is 11.4 Å². The number of nitrogens with one attached hydrogen (secondary N) is 4. The molecular weight excluding hydrogens is 585 g/mol. The Hall–Kier alpha value is -5.72. The number of nitrogens with zero attached hydrogens (tertiary/aromatic N) is 1. The van der Waals surface area contributed by atoms with Gasteiger partial charge in [0, 0.05) is 36.6 Å². The number of urea groups is 1. The van der Waals surface area contributed by atoms with Crippen molar-refractivity contribution in [1.29, 1.82) is 0 Å². The number of esters is 2. The van der Waals surface area contributed by atoms with Crippen LogP contribution in [0.1, 0.15) is 35.2 Å². The zero-order valence-electron chi connectivity index (χ0n) is 24.8. The average Bonchev–Trinajstić information content (AvgIpc) is 3.53. The van der Waals surface area contributed by atoms with Crippen molar-refractivity contribution in [3.05, 3.63) is 90.0 Å². The van der Waals surface area contributed by atoms with E-state index in [0.717, 1.165) is 5.56 Å². The first-order valence-electron chi connectivity index (χ1n) is 13.8. The topological polar surface area (TPSA) is 161 Å². The minimum atomic E-state index is -0.635. The number of hydrogen-bond acceptors (Lipinski definition) is 8. The smallest absolute Gasteiger partial charge is 0.323 e. The molecular formula is C32H32FN5O7. The van der Waals surface area contributed by atoms with Crippen molar-refractivity contribution < 1.29 is 37.8 Å². The Morgan fingerprint density at radius 1 is 0.911 bits per heavy atom. The number of benzene rings is 2. The van der Waals surface area contributed by atoms with Crippen molar-refractivity contribution in [1.82, 2.24) is 15.3 Å². The third kappa shape index (κ3) is 9.38. The first kappa shape index (κ1) is 32.2. The molecule has 0 saturated heterocycles. The maximum absolute atomic E-state index is 13.9. The van der Waals surface area contributed by atoms with E-state index in [2.05, 4.69) is 30.7 Å². The van der Waals surface area contributed by atoms with Gasteiger partial charge in [-0.15, -0.1) is 0 Å². The molecule has 0 aliphatic rings. The summed E-state index contributed by atoms with van der Waals surface area (Å²) in [5, 5.41) is 7.89. The number of aryl methyl sites for hydroxylation is 1. The minimum Gasteiger partial charge on any atom is -0.469 e. The van der Waals surface area contributed by atoms with Gasteiger partial charge < -0.3 is 35.1 Å². The van der Waals surface area contributed by atoms with Crippen molar-refractivity contribution in [2.24, 2.45) is 0 Å². The molecule has 12 nitrogen and oxygen atoms in total. The molecule has 2 aromatic carbocycles. The van der Waals surface area contributed by atoms with Crippen LogP contribution >= 0.6 is 0 Å². The van der Waals surface area contributed by atoms with Crippen molar-refractivity contribution in [3.8, 4) is 22.9 Å². The van der Waals surface area contributed by atoms with Gasteiger partial charge in [0.1, 0.15) is 17.3 Å². The number of H-pyrrole nitrogens is 1. The van der Waals surface area contributed by atoms with E-state index in [1.54, 1.807) is 61.7 Å². The monoisotopic (exact) mass is 617 g/mol. The number of anilines is 2. The zero-order chi connectivity index (χ0) is 32.3. The highest BCUT2D eigenvalue weighted by Gasteiger charge is 2.20. The Morgan fingerprint density at radius 3 is 2.40 bits per heavy atom. The van der Waals surface area contributed by atoms with Gasteiger partial charge in [-0.1, -0.05) is 6.07 Å². The van der Waals surface area contributed by atoms with Crippen LogP contribution in [0, 0.1) is 12.7 Å². The molecule has 0 bridgehead atoms. The first-order valence-corrected chi connectivity index (χ1v) is 13.8. The molecule has 4 aromatic rings. The van der Waals surface area contributed by atoms with Gasteiger partial charge in [-0.05, 0) is 67.4 Å². The van der Waals surface area contributed by atoms with E-state index in [9.17, 15) is 23.6 Å². The van der Waals surface area contributed by atoms with Crippen molar-refractivity contribution in [2.75, 3.05) is 24.9 Å². The van der Waals surface area contributed by atoms with Crippen molar-refractivity contribution in [2.45, 2.75) is 32.2 Å². The molecule has 0 aliphatic carbocycles. The van der Waals surface area contributed by atoms with Gasteiger partial charge in [0.2, 0.25) is 0 Å². The molecule has 2 heterocycles. The largest absolute Gasteiger partial charge is 0.469 e. The number of carbonyl (C=O) groups is 4. The van der Waals surface area contributed by atoms with Gasteiger partial charge in [0.15, 0.2) is 0 Å². The Kier molecular flexibility index (Phi) is 10.8. The fraction of sp³-hybridized carbons (Fsp3) is 0.219.